The maximum Gasteiger partial charge on any atom is 0.416 e. The van der Waals surface area contributed by atoms with Crippen molar-refractivity contribution in [1.82, 2.24) is 39.8 Å². The number of nitrogens with zero attached hydrogens (tertiary/aromatic N) is 7. The number of alkyl halides is 3. The van der Waals surface area contributed by atoms with Crippen LogP contribution in [0.25, 0.3) is 22.2 Å². The highest BCUT2D eigenvalue weighted by Crippen LogP contribution is 2.34. The molecule has 3 aromatic heterocycles. The number of amides is 2. The van der Waals surface area contributed by atoms with Crippen molar-refractivity contribution in [1.29, 1.82) is 0 Å². The molecule has 6 rings (SSSR count). The lowest BCUT2D eigenvalue weighted by Crippen LogP contribution is -2.44. The number of hydrogen-bond donors (Lipinski definition) is 4. The smallest absolute Gasteiger partial charge is 0.351 e. The highest BCUT2D eigenvalue weighted by atomic mass is 19.4. The number of anilines is 3. The second kappa shape index (κ2) is 12.9. The van der Waals surface area contributed by atoms with E-state index in [2.05, 4.69) is 46.2 Å². The van der Waals surface area contributed by atoms with Gasteiger partial charge in [-0.15, -0.1) is 0 Å². The quantitative estimate of drug-likeness (QED) is 0.242. The van der Waals surface area contributed by atoms with Gasteiger partial charge < -0.3 is 15.5 Å². The topological polar surface area (TPSA) is 128 Å². The molecular weight excluding hydrogens is 587 g/mol. The van der Waals surface area contributed by atoms with Gasteiger partial charge in [-0.05, 0) is 56.7 Å². The van der Waals surface area contributed by atoms with Crippen LogP contribution in [0.5, 0.6) is 0 Å². The van der Waals surface area contributed by atoms with E-state index in [-0.39, 0.29) is 23.7 Å². The van der Waals surface area contributed by atoms with E-state index >= 15 is 0 Å². The fourth-order valence-corrected chi connectivity index (χ4v) is 5.66. The molecule has 2 fully saturated rings. The van der Waals surface area contributed by atoms with E-state index < -0.39 is 17.8 Å². The summed E-state index contributed by atoms with van der Waals surface area (Å²) >= 11 is 0. The van der Waals surface area contributed by atoms with Crippen LogP contribution in [0.15, 0.2) is 42.7 Å². The van der Waals surface area contributed by atoms with Crippen LogP contribution in [0.3, 0.4) is 0 Å². The predicted molar refractivity (Wildman–Crippen MR) is 166 cm³/mol. The standard InChI is InChI=1S/C30H36F3N11O/c1-42-9-11-44(12-10-42)18-21-17-35-26(14-23(21)30(31,32)33)39-29(45)40-27-15-25(43(2)41-27)19-3-4-24-20(13-19)16-36-28(38-24)37-22-5-7-34-8-6-22/h3-4,13-17,22,34H,5-12,18H2,1-2H3,(H,36,37,38)(H2,35,39,40,41,45). The zero-order valence-electron chi connectivity index (χ0n) is 25.2. The first-order chi connectivity index (χ1) is 21.6. The van der Waals surface area contributed by atoms with Crippen molar-refractivity contribution < 1.29 is 18.0 Å². The van der Waals surface area contributed by atoms with Gasteiger partial charge in [0.2, 0.25) is 5.95 Å². The number of benzene rings is 1. The minimum Gasteiger partial charge on any atom is -0.351 e. The number of piperazine rings is 1. The van der Waals surface area contributed by atoms with E-state index in [9.17, 15) is 18.0 Å². The minimum absolute atomic E-state index is 0.0717. The maximum absolute atomic E-state index is 13.9. The molecule has 2 saturated heterocycles. The van der Waals surface area contributed by atoms with Gasteiger partial charge in [0.15, 0.2) is 5.82 Å². The second-order valence-corrected chi connectivity index (χ2v) is 11.6. The van der Waals surface area contributed by atoms with Crippen molar-refractivity contribution >= 4 is 34.5 Å². The number of rotatable bonds is 7. The number of aromatic nitrogens is 5. The van der Waals surface area contributed by atoms with Crippen molar-refractivity contribution in [3.63, 3.8) is 0 Å². The number of urea groups is 1. The average molecular weight is 624 g/mol. The molecule has 15 heteroatoms. The van der Waals surface area contributed by atoms with Gasteiger partial charge in [-0.3, -0.25) is 20.2 Å². The van der Waals surface area contributed by atoms with Crippen LogP contribution < -0.4 is 21.3 Å². The van der Waals surface area contributed by atoms with Gasteiger partial charge in [0, 0.05) is 75.2 Å². The van der Waals surface area contributed by atoms with Crippen LogP contribution in [0, 0.1) is 0 Å². The van der Waals surface area contributed by atoms with Crippen molar-refractivity contribution in [3.05, 3.63) is 53.9 Å². The highest BCUT2D eigenvalue weighted by Gasteiger charge is 2.35. The predicted octanol–water partition coefficient (Wildman–Crippen LogP) is 4.00. The molecule has 1 aromatic carbocycles. The summed E-state index contributed by atoms with van der Waals surface area (Å²) in [7, 11) is 3.72. The van der Waals surface area contributed by atoms with Crippen molar-refractivity contribution in [3.8, 4) is 11.3 Å². The molecule has 45 heavy (non-hydrogen) atoms. The third-order valence-corrected chi connectivity index (χ3v) is 8.19. The summed E-state index contributed by atoms with van der Waals surface area (Å²) in [5.41, 5.74) is 1.60. The van der Waals surface area contributed by atoms with Gasteiger partial charge in [0.1, 0.15) is 5.82 Å². The Morgan fingerprint density at radius 2 is 1.73 bits per heavy atom. The van der Waals surface area contributed by atoms with Gasteiger partial charge in [0.05, 0.1) is 16.8 Å². The number of pyridine rings is 1. The van der Waals surface area contributed by atoms with E-state index in [0.29, 0.717) is 25.1 Å². The molecule has 238 valence electrons. The molecule has 4 aromatic rings. The Kier molecular flexibility index (Phi) is 8.83. The Hall–Kier alpha value is -4.34. The average Bonchev–Trinajstić information content (AvgIpc) is 3.38. The fourth-order valence-electron chi connectivity index (χ4n) is 5.66. The first-order valence-electron chi connectivity index (χ1n) is 14.9. The van der Waals surface area contributed by atoms with E-state index in [1.807, 2.05) is 30.1 Å². The highest BCUT2D eigenvalue weighted by molar-refractivity contribution is 5.99. The second-order valence-electron chi connectivity index (χ2n) is 11.6. The molecule has 0 aliphatic carbocycles. The van der Waals surface area contributed by atoms with Gasteiger partial charge in [-0.25, -0.2) is 19.7 Å². The Bertz CT molecular complexity index is 1660. The molecule has 0 unspecified atom stereocenters. The molecule has 12 nitrogen and oxygen atoms in total. The number of carbonyl (C=O) groups excluding carboxylic acids is 1. The van der Waals surface area contributed by atoms with Crippen molar-refractivity contribution in [2.24, 2.45) is 7.05 Å². The van der Waals surface area contributed by atoms with E-state index in [4.69, 9.17) is 0 Å². The first-order valence-corrected chi connectivity index (χ1v) is 14.9. The van der Waals surface area contributed by atoms with E-state index in [0.717, 1.165) is 67.2 Å². The van der Waals surface area contributed by atoms with Crippen LogP contribution in [0.1, 0.15) is 24.0 Å². The summed E-state index contributed by atoms with van der Waals surface area (Å²) in [6.45, 7) is 5.00. The Morgan fingerprint density at radius 1 is 0.978 bits per heavy atom. The van der Waals surface area contributed by atoms with Crippen LogP contribution in [0.4, 0.5) is 35.5 Å². The minimum atomic E-state index is -4.59. The Labute approximate surface area is 258 Å². The third kappa shape index (κ3) is 7.49. The number of aryl methyl sites for hydroxylation is 1. The molecule has 0 bridgehead atoms. The number of nitrogens with one attached hydrogen (secondary N) is 4. The molecule has 0 saturated carbocycles. The number of carbonyl (C=O) groups is 1. The van der Waals surface area contributed by atoms with Crippen molar-refractivity contribution in [2.45, 2.75) is 31.6 Å². The maximum atomic E-state index is 13.9. The third-order valence-electron chi connectivity index (χ3n) is 8.19. The molecule has 0 radical (unpaired) electrons. The van der Waals surface area contributed by atoms with Crippen LogP contribution >= 0.6 is 0 Å². The normalized spacial score (nSPS) is 17.0. The monoisotopic (exact) mass is 623 g/mol. The summed E-state index contributed by atoms with van der Waals surface area (Å²) in [6, 6.07) is 7.90. The molecular formula is C30H36F3N11O. The summed E-state index contributed by atoms with van der Waals surface area (Å²) < 4.78 is 43.4. The van der Waals surface area contributed by atoms with Gasteiger partial charge >= 0.3 is 12.2 Å². The number of halogens is 3. The summed E-state index contributed by atoms with van der Waals surface area (Å²) in [5, 5.41) is 17.0. The van der Waals surface area contributed by atoms with Gasteiger partial charge in [0.25, 0.3) is 0 Å². The number of fused-ring (bicyclic) bond motifs is 1. The number of hydrogen-bond acceptors (Lipinski definition) is 9. The molecule has 5 heterocycles. The largest absolute Gasteiger partial charge is 0.416 e. The van der Waals surface area contributed by atoms with Crippen LogP contribution in [0.2, 0.25) is 0 Å². The summed E-state index contributed by atoms with van der Waals surface area (Å²) in [5.74, 6) is 0.619. The zero-order valence-corrected chi connectivity index (χ0v) is 25.2. The van der Waals surface area contributed by atoms with Crippen LogP contribution in [-0.2, 0) is 19.8 Å². The van der Waals surface area contributed by atoms with Gasteiger partial charge in [-0.1, -0.05) is 6.07 Å². The lowest BCUT2D eigenvalue weighted by atomic mass is 10.1. The molecule has 4 N–H and O–H groups in total. The molecule has 2 amide bonds. The molecule has 2 aliphatic heterocycles. The Morgan fingerprint density at radius 3 is 2.49 bits per heavy atom. The SMILES string of the molecule is CN1CCN(Cc2cnc(NC(=O)Nc3cc(-c4ccc5nc(NC6CCNCC6)ncc5c4)n(C)n3)cc2C(F)(F)F)CC1. The van der Waals surface area contributed by atoms with Crippen molar-refractivity contribution in [2.75, 3.05) is 62.3 Å². The molecule has 2 aliphatic rings. The summed E-state index contributed by atoms with van der Waals surface area (Å²) in [4.78, 5) is 30.1. The number of piperidine rings is 1. The van der Waals surface area contributed by atoms with E-state index in [1.54, 1.807) is 24.0 Å². The van der Waals surface area contributed by atoms with Crippen LogP contribution in [-0.4, -0.2) is 92.9 Å². The lowest BCUT2D eigenvalue weighted by molar-refractivity contribution is -0.138. The molecule has 0 spiro atoms. The Balaban J connectivity index is 1.12. The number of likely N-dealkylation sites (N-methyl/N-ethyl adjacent to an activating group) is 1. The lowest BCUT2D eigenvalue weighted by Gasteiger charge is -2.32. The van der Waals surface area contributed by atoms with E-state index in [1.165, 1.54) is 6.20 Å². The summed E-state index contributed by atoms with van der Waals surface area (Å²) in [6.07, 6.45) is 0.402. The van der Waals surface area contributed by atoms with Gasteiger partial charge in [-0.2, -0.15) is 18.3 Å². The first kappa shape index (κ1) is 30.7. The zero-order chi connectivity index (χ0) is 31.6. The fraction of sp³-hybridized carbons (Fsp3) is 0.433. The molecule has 0 atom stereocenters.